The molecule has 0 aliphatic carbocycles. The molecule has 0 saturated heterocycles. The van der Waals surface area contributed by atoms with Gasteiger partial charge in [0.15, 0.2) is 12.2 Å². The Hall–Kier alpha value is -2.65. The monoisotopic (exact) mass is 852 g/mol. The minimum atomic E-state index is -1.12. The maximum atomic E-state index is 13.7. The lowest BCUT2D eigenvalue weighted by Crippen LogP contribution is -2.56. The van der Waals surface area contributed by atoms with Crippen LogP contribution in [-0.4, -0.2) is 60.7 Å². The first kappa shape index (κ1) is 57.3. The standard InChI is InChI=1S/C50H93NO9/c1-7-9-11-13-15-17-19-21-22-23-24-25-26-27-28-30-32-34-36-38-40-48(59-44(5)54)50(56)51-46(41-57-42(3)52)49(60-45(6)55)47(58-43(4)53)39-37-35-33-31-29-20-18-16-14-12-10-8-2/h46-49H,7-41H2,1-6H3,(H,51,56)/t46-,47+,48+,49+/m0/s1. The molecule has 1 N–H and O–H groups in total. The first-order chi connectivity index (χ1) is 29.0. The van der Waals surface area contributed by atoms with Gasteiger partial charge >= 0.3 is 23.9 Å². The van der Waals surface area contributed by atoms with E-state index >= 15 is 0 Å². The van der Waals surface area contributed by atoms with E-state index in [0.717, 1.165) is 44.9 Å². The molecule has 4 atom stereocenters. The predicted octanol–water partition coefficient (Wildman–Crippen LogP) is 13.1. The van der Waals surface area contributed by atoms with Crippen LogP contribution in [0, 0.1) is 0 Å². The summed E-state index contributed by atoms with van der Waals surface area (Å²) >= 11 is 0. The fraction of sp³-hybridized carbons (Fsp3) is 0.900. The maximum absolute atomic E-state index is 13.7. The number of ether oxygens (including phenoxy) is 4. The predicted molar refractivity (Wildman–Crippen MR) is 244 cm³/mol. The van der Waals surface area contributed by atoms with Crippen LogP contribution in [0.5, 0.6) is 0 Å². The number of carbonyl (C=O) groups excluding carboxylic acids is 5. The second-order valence-electron chi connectivity index (χ2n) is 17.4. The minimum Gasteiger partial charge on any atom is -0.464 e. The van der Waals surface area contributed by atoms with Crippen LogP contribution in [0.3, 0.4) is 0 Å². The normalized spacial score (nSPS) is 13.2. The van der Waals surface area contributed by atoms with Crippen molar-refractivity contribution >= 4 is 29.8 Å². The Labute approximate surface area is 367 Å². The summed E-state index contributed by atoms with van der Waals surface area (Å²) < 4.78 is 22.2. The molecule has 0 unspecified atom stereocenters. The highest BCUT2D eigenvalue weighted by molar-refractivity contribution is 5.83. The molecule has 0 bridgehead atoms. The van der Waals surface area contributed by atoms with Crippen molar-refractivity contribution in [1.29, 1.82) is 0 Å². The Morgan fingerprint density at radius 1 is 0.383 bits per heavy atom. The molecule has 10 heteroatoms. The van der Waals surface area contributed by atoms with Crippen LogP contribution in [0.4, 0.5) is 0 Å². The van der Waals surface area contributed by atoms with E-state index < -0.39 is 54.1 Å². The molecule has 352 valence electrons. The molecule has 10 nitrogen and oxygen atoms in total. The smallest absolute Gasteiger partial charge is 0.303 e. The van der Waals surface area contributed by atoms with E-state index in [4.69, 9.17) is 18.9 Å². The summed E-state index contributed by atoms with van der Waals surface area (Å²) in [6.45, 7) is 9.23. The Kier molecular flexibility index (Phi) is 39.8. The van der Waals surface area contributed by atoms with Gasteiger partial charge in [-0.15, -0.1) is 0 Å². The summed E-state index contributed by atoms with van der Waals surface area (Å²) in [6, 6.07) is -1.04. The first-order valence-electron chi connectivity index (χ1n) is 25.0. The number of amides is 1. The van der Waals surface area contributed by atoms with E-state index in [1.807, 2.05) is 0 Å². The molecule has 0 heterocycles. The molecule has 0 radical (unpaired) electrons. The zero-order valence-corrected chi connectivity index (χ0v) is 39.7. The number of nitrogens with one attached hydrogen (secondary N) is 1. The number of rotatable bonds is 43. The van der Waals surface area contributed by atoms with Gasteiger partial charge in [0.05, 0.1) is 0 Å². The molecule has 0 aromatic carbocycles. The van der Waals surface area contributed by atoms with Crippen molar-refractivity contribution in [3.63, 3.8) is 0 Å². The van der Waals surface area contributed by atoms with Crippen molar-refractivity contribution in [1.82, 2.24) is 5.32 Å². The largest absolute Gasteiger partial charge is 0.464 e. The highest BCUT2D eigenvalue weighted by Gasteiger charge is 2.38. The summed E-state index contributed by atoms with van der Waals surface area (Å²) in [6.07, 6.45) is 37.1. The lowest BCUT2D eigenvalue weighted by molar-refractivity contribution is -0.172. The van der Waals surface area contributed by atoms with Crippen LogP contribution < -0.4 is 5.32 Å². The van der Waals surface area contributed by atoms with Crippen LogP contribution in [0.15, 0.2) is 0 Å². The fourth-order valence-electron chi connectivity index (χ4n) is 8.03. The molecule has 60 heavy (non-hydrogen) atoms. The van der Waals surface area contributed by atoms with E-state index in [-0.39, 0.29) is 6.61 Å². The number of hydrogen-bond acceptors (Lipinski definition) is 9. The maximum Gasteiger partial charge on any atom is 0.303 e. The van der Waals surface area contributed by atoms with Gasteiger partial charge in [-0.05, 0) is 25.7 Å². The zero-order valence-electron chi connectivity index (χ0n) is 39.7. The Morgan fingerprint density at radius 3 is 1.02 bits per heavy atom. The van der Waals surface area contributed by atoms with Crippen molar-refractivity contribution < 1.29 is 42.9 Å². The molecule has 0 rings (SSSR count). The Bertz CT molecular complexity index is 1070. The highest BCUT2D eigenvalue weighted by Crippen LogP contribution is 2.21. The quantitative estimate of drug-likeness (QED) is 0.0361. The number of hydrogen-bond donors (Lipinski definition) is 1. The molecule has 0 aliphatic heterocycles. The number of carbonyl (C=O) groups is 5. The second-order valence-corrected chi connectivity index (χ2v) is 17.4. The molecule has 0 spiro atoms. The van der Waals surface area contributed by atoms with E-state index in [0.29, 0.717) is 19.3 Å². The third-order valence-electron chi connectivity index (χ3n) is 11.4. The third kappa shape index (κ3) is 37.1. The van der Waals surface area contributed by atoms with E-state index in [1.165, 1.54) is 182 Å². The molecule has 1 amide bonds. The van der Waals surface area contributed by atoms with Crippen LogP contribution in [0.25, 0.3) is 0 Å². The van der Waals surface area contributed by atoms with Gasteiger partial charge in [-0.25, -0.2) is 0 Å². The van der Waals surface area contributed by atoms with Gasteiger partial charge in [-0.2, -0.15) is 0 Å². The average molecular weight is 852 g/mol. The summed E-state index contributed by atoms with van der Waals surface area (Å²) in [5.74, 6) is -2.92. The van der Waals surface area contributed by atoms with Crippen molar-refractivity contribution in [3.8, 4) is 0 Å². The molecule has 0 aromatic rings. The lowest BCUT2D eigenvalue weighted by Gasteiger charge is -2.33. The van der Waals surface area contributed by atoms with Crippen LogP contribution in [0.2, 0.25) is 0 Å². The van der Waals surface area contributed by atoms with Gasteiger partial charge in [0, 0.05) is 27.7 Å². The molecule has 0 fully saturated rings. The average Bonchev–Trinajstić information content (AvgIpc) is 3.19. The SMILES string of the molecule is CCCCCCCCCCCCCCCCCCCCCC[C@@H](OC(C)=O)C(=O)N[C@@H](COC(C)=O)[C@@H](OC(C)=O)[C@@H](CCCCCCCCCCCCCC)OC(C)=O. The number of esters is 4. The second kappa shape index (κ2) is 41.7. The van der Waals surface area contributed by atoms with E-state index in [2.05, 4.69) is 19.2 Å². The summed E-state index contributed by atoms with van der Waals surface area (Å²) in [7, 11) is 0. The molecular formula is C50H93NO9. The van der Waals surface area contributed by atoms with Gasteiger partial charge in [-0.1, -0.05) is 206 Å². The molecule has 0 aromatic heterocycles. The van der Waals surface area contributed by atoms with Crippen molar-refractivity contribution in [2.24, 2.45) is 0 Å². The van der Waals surface area contributed by atoms with Gasteiger partial charge < -0.3 is 24.3 Å². The van der Waals surface area contributed by atoms with Gasteiger partial charge in [-0.3, -0.25) is 24.0 Å². The van der Waals surface area contributed by atoms with Crippen molar-refractivity contribution in [3.05, 3.63) is 0 Å². The minimum absolute atomic E-state index is 0.318. The number of unbranched alkanes of at least 4 members (excludes halogenated alkanes) is 30. The third-order valence-corrected chi connectivity index (χ3v) is 11.4. The summed E-state index contributed by atoms with van der Waals surface area (Å²) in [4.78, 5) is 62.3. The molecular weight excluding hydrogens is 759 g/mol. The molecule has 0 aliphatic rings. The topological polar surface area (TPSA) is 134 Å². The van der Waals surface area contributed by atoms with Crippen molar-refractivity contribution in [2.75, 3.05) is 6.61 Å². The first-order valence-corrected chi connectivity index (χ1v) is 25.0. The van der Waals surface area contributed by atoms with Crippen LogP contribution >= 0.6 is 0 Å². The Morgan fingerprint density at radius 2 is 0.700 bits per heavy atom. The van der Waals surface area contributed by atoms with Gasteiger partial charge in [0.1, 0.15) is 18.8 Å². The van der Waals surface area contributed by atoms with E-state index in [9.17, 15) is 24.0 Å². The van der Waals surface area contributed by atoms with Crippen molar-refractivity contribution in [2.45, 2.75) is 284 Å². The van der Waals surface area contributed by atoms with E-state index in [1.54, 1.807) is 0 Å². The fourth-order valence-corrected chi connectivity index (χ4v) is 8.03. The summed E-state index contributed by atoms with van der Waals surface area (Å²) in [5, 5.41) is 2.83. The highest BCUT2D eigenvalue weighted by atomic mass is 16.6. The lowest BCUT2D eigenvalue weighted by atomic mass is 9.98. The Balaban J connectivity index is 4.90. The van der Waals surface area contributed by atoms with Gasteiger partial charge in [0.25, 0.3) is 5.91 Å². The van der Waals surface area contributed by atoms with Gasteiger partial charge in [0.2, 0.25) is 0 Å². The summed E-state index contributed by atoms with van der Waals surface area (Å²) in [5.41, 5.74) is 0. The zero-order chi connectivity index (χ0) is 44.5. The van der Waals surface area contributed by atoms with Crippen LogP contribution in [-0.2, 0) is 42.9 Å². The molecule has 0 saturated carbocycles. The van der Waals surface area contributed by atoms with Crippen LogP contribution in [0.1, 0.15) is 260 Å².